The zero-order chi connectivity index (χ0) is 10.2. The third-order valence-corrected chi connectivity index (χ3v) is 3.80. The number of hydrogen-bond donors (Lipinski definition) is 1. The van der Waals surface area contributed by atoms with E-state index in [4.69, 9.17) is 0 Å². The number of hydrogen-bond acceptors (Lipinski definition) is 2. The Balaban J connectivity index is 1.91. The molecule has 0 aromatic rings. The second kappa shape index (κ2) is 3.82. The van der Waals surface area contributed by atoms with E-state index in [2.05, 4.69) is 31.0 Å². The van der Waals surface area contributed by atoms with E-state index in [1.54, 1.807) is 0 Å². The molecule has 0 saturated carbocycles. The zero-order valence-electron chi connectivity index (χ0n) is 9.84. The maximum atomic E-state index is 3.60. The molecule has 82 valence electrons. The van der Waals surface area contributed by atoms with Crippen molar-refractivity contribution in [2.24, 2.45) is 5.92 Å². The van der Waals surface area contributed by atoms with Crippen LogP contribution in [0.1, 0.15) is 40.0 Å². The largest absolute Gasteiger partial charge is 0.312 e. The van der Waals surface area contributed by atoms with Gasteiger partial charge in [0.15, 0.2) is 0 Å². The molecule has 2 aliphatic rings. The molecule has 14 heavy (non-hydrogen) atoms. The van der Waals surface area contributed by atoms with E-state index in [1.807, 2.05) is 0 Å². The average Bonchev–Trinajstić information content (AvgIpc) is 2.50. The van der Waals surface area contributed by atoms with Gasteiger partial charge >= 0.3 is 0 Å². The molecule has 2 heteroatoms. The Hall–Kier alpha value is -0.0800. The maximum absolute atomic E-state index is 3.60. The summed E-state index contributed by atoms with van der Waals surface area (Å²) >= 11 is 0. The molecule has 2 fully saturated rings. The first-order valence-corrected chi connectivity index (χ1v) is 6.06. The van der Waals surface area contributed by atoms with E-state index in [9.17, 15) is 0 Å². The van der Waals surface area contributed by atoms with Crippen LogP contribution in [0.4, 0.5) is 0 Å². The molecule has 2 unspecified atom stereocenters. The highest BCUT2D eigenvalue weighted by Gasteiger charge is 2.33. The van der Waals surface area contributed by atoms with Crippen molar-refractivity contribution in [1.29, 1.82) is 0 Å². The van der Waals surface area contributed by atoms with Crippen LogP contribution in [0.3, 0.4) is 0 Å². The van der Waals surface area contributed by atoms with Crippen LogP contribution in [0.5, 0.6) is 0 Å². The van der Waals surface area contributed by atoms with Crippen molar-refractivity contribution in [2.75, 3.05) is 19.6 Å². The normalized spacial score (nSPS) is 38.8. The van der Waals surface area contributed by atoms with Gasteiger partial charge in [-0.15, -0.1) is 0 Å². The summed E-state index contributed by atoms with van der Waals surface area (Å²) in [6.45, 7) is 10.9. The van der Waals surface area contributed by atoms with Crippen LogP contribution in [-0.2, 0) is 0 Å². The molecule has 2 atom stereocenters. The Morgan fingerprint density at radius 3 is 2.64 bits per heavy atom. The van der Waals surface area contributed by atoms with Crippen molar-refractivity contribution in [3.8, 4) is 0 Å². The van der Waals surface area contributed by atoms with Gasteiger partial charge in [-0.05, 0) is 52.1 Å². The molecule has 0 radical (unpaired) electrons. The van der Waals surface area contributed by atoms with Crippen LogP contribution in [0.25, 0.3) is 0 Å². The van der Waals surface area contributed by atoms with Crippen molar-refractivity contribution < 1.29 is 0 Å². The molecule has 0 aromatic heterocycles. The summed E-state index contributed by atoms with van der Waals surface area (Å²) in [4.78, 5) is 2.72. The lowest BCUT2D eigenvalue weighted by atomic mass is 9.88. The second-order valence-corrected chi connectivity index (χ2v) is 5.85. The number of rotatable bonds is 1. The lowest BCUT2D eigenvalue weighted by Gasteiger charge is -2.40. The lowest BCUT2D eigenvalue weighted by molar-refractivity contribution is 0.140. The standard InChI is InChI=1S/C12H24N2/c1-10-5-7-14(9-10)11-4-6-13-12(2,3)8-11/h10-11,13H,4-9H2,1-3H3. The average molecular weight is 196 g/mol. The number of nitrogens with zero attached hydrogens (tertiary/aromatic N) is 1. The molecule has 0 amide bonds. The second-order valence-electron chi connectivity index (χ2n) is 5.85. The topological polar surface area (TPSA) is 15.3 Å². The maximum Gasteiger partial charge on any atom is 0.0140 e. The minimum absolute atomic E-state index is 0.356. The summed E-state index contributed by atoms with van der Waals surface area (Å²) in [7, 11) is 0. The van der Waals surface area contributed by atoms with Crippen molar-refractivity contribution in [2.45, 2.75) is 51.6 Å². The van der Waals surface area contributed by atoms with Crippen molar-refractivity contribution >= 4 is 0 Å². The van der Waals surface area contributed by atoms with Gasteiger partial charge in [-0.1, -0.05) is 6.92 Å². The SMILES string of the molecule is CC1CCN(C2CCNC(C)(C)C2)C1. The Labute approximate surface area is 88.1 Å². The van der Waals surface area contributed by atoms with E-state index in [0.717, 1.165) is 12.0 Å². The Bertz CT molecular complexity index is 200. The van der Waals surface area contributed by atoms with E-state index < -0.39 is 0 Å². The monoisotopic (exact) mass is 196 g/mol. The molecule has 2 heterocycles. The quantitative estimate of drug-likeness (QED) is 0.688. The van der Waals surface area contributed by atoms with Gasteiger partial charge in [-0.3, -0.25) is 4.90 Å². The number of nitrogens with one attached hydrogen (secondary N) is 1. The van der Waals surface area contributed by atoms with E-state index >= 15 is 0 Å². The number of likely N-dealkylation sites (tertiary alicyclic amines) is 1. The fourth-order valence-electron chi connectivity index (χ4n) is 2.95. The van der Waals surface area contributed by atoms with Gasteiger partial charge in [-0.25, -0.2) is 0 Å². The molecule has 0 aromatic carbocycles. The highest BCUT2D eigenvalue weighted by Crippen LogP contribution is 2.27. The third-order valence-electron chi connectivity index (χ3n) is 3.80. The van der Waals surface area contributed by atoms with Crippen molar-refractivity contribution in [3.05, 3.63) is 0 Å². The van der Waals surface area contributed by atoms with Crippen molar-refractivity contribution in [1.82, 2.24) is 10.2 Å². The molecule has 1 N–H and O–H groups in total. The summed E-state index contributed by atoms with van der Waals surface area (Å²) < 4.78 is 0. The van der Waals surface area contributed by atoms with Crippen LogP contribution in [0, 0.1) is 5.92 Å². The molecular weight excluding hydrogens is 172 g/mol. The Morgan fingerprint density at radius 1 is 1.29 bits per heavy atom. The molecule has 2 rings (SSSR count). The Kier molecular flexibility index (Phi) is 2.85. The van der Waals surface area contributed by atoms with Gasteiger partial charge in [0.1, 0.15) is 0 Å². The van der Waals surface area contributed by atoms with Crippen LogP contribution in [-0.4, -0.2) is 36.1 Å². The van der Waals surface area contributed by atoms with Crippen molar-refractivity contribution in [3.63, 3.8) is 0 Å². The smallest absolute Gasteiger partial charge is 0.0140 e. The first-order valence-electron chi connectivity index (χ1n) is 6.06. The predicted octanol–water partition coefficient (Wildman–Crippen LogP) is 1.86. The van der Waals surface area contributed by atoms with E-state index in [-0.39, 0.29) is 0 Å². The van der Waals surface area contributed by atoms with Gasteiger partial charge in [0, 0.05) is 18.1 Å². The number of piperidine rings is 1. The van der Waals surface area contributed by atoms with Crippen LogP contribution >= 0.6 is 0 Å². The summed E-state index contributed by atoms with van der Waals surface area (Å²) in [5.74, 6) is 0.924. The van der Waals surface area contributed by atoms with Gasteiger partial charge in [0.2, 0.25) is 0 Å². The summed E-state index contributed by atoms with van der Waals surface area (Å²) in [6.07, 6.45) is 4.07. The molecule has 0 aliphatic carbocycles. The van der Waals surface area contributed by atoms with E-state index in [1.165, 1.54) is 38.9 Å². The highest BCUT2D eigenvalue weighted by molar-refractivity contribution is 4.92. The van der Waals surface area contributed by atoms with Crippen LogP contribution < -0.4 is 5.32 Å². The molecule has 2 aliphatic heterocycles. The lowest BCUT2D eigenvalue weighted by Crippen LogP contribution is -2.52. The van der Waals surface area contributed by atoms with Crippen LogP contribution in [0.15, 0.2) is 0 Å². The predicted molar refractivity (Wildman–Crippen MR) is 60.5 cm³/mol. The molecule has 2 nitrogen and oxygen atoms in total. The van der Waals surface area contributed by atoms with E-state index in [0.29, 0.717) is 5.54 Å². The molecular formula is C12H24N2. The van der Waals surface area contributed by atoms with Crippen LogP contribution in [0.2, 0.25) is 0 Å². The van der Waals surface area contributed by atoms with Gasteiger partial charge in [0.05, 0.1) is 0 Å². The van der Waals surface area contributed by atoms with Gasteiger partial charge in [-0.2, -0.15) is 0 Å². The molecule has 0 spiro atoms. The fourth-order valence-corrected chi connectivity index (χ4v) is 2.95. The first-order chi connectivity index (χ1) is 6.57. The first kappa shape index (κ1) is 10.4. The molecule has 2 saturated heterocycles. The van der Waals surface area contributed by atoms with Gasteiger partial charge < -0.3 is 5.32 Å². The fraction of sp³-hybridized carbons (Fsp3) is 1.00. The summed E-state index contributed by atoms with van der Waals surface area (Å²) in [5.41, 5.74) is 0.356. The Morgan fingerprint density at radius 2 is 2.07 bits per heavy atom. The third kappa shape index (κ3) is 2.29. The minimum Gasteiger partial charge on any atom is -0.312 e. The summed E-state index contributed by atoms with van der Waals surface area (Å²) in [5, 5.41) is 3.60. The van der Waals surface area contributed by atoms with Gasteiger partial charge in [0.25, 0.3) is 0 Å². The minimum atomic E-state index is 0.356. The summed E-state index contributed by atoms with van der Waals surface area (Å²) in [6, 6.07) is 0.844. The zero-order valence-corrected chi connectivity index (χ0v) is 9.84. The molecule has 0 bridgehead atoms. The highest BCUT2D eigenvalue weighted by atomic mass is 15.2.